The van der Waals surface area contributed by atoms with Gasteiger partial charge < -0.3 is 22.5 Å². The highest BCUT2D eigenvalue weighted by molar-refractivity contribution is 5.35. The van der Waals surface area contributed by atoms with E-state index in [1.54, 1.807) is 0 Å². The van der Waals surface area contributed by atoms with Crippen LogP contribution >= 0.6 is 0 Å². The second-order valence-corrected chi connectivity index (χ2v) is 4.76. The quantitative estimate of drug-likeness (QED) is 0.817. The van der Waals surface area contributed by atoms with Crippen molar-refractivity contribution in [1.82, 2.24) is 5.32 Å². The Bertz CT molecular complexity index is 335. The molecule has 2 rings (SSSR count). The summed E-state index contributed by atoms with van der Waals surface area (Å²) in [6, 6.07) is 8.41. The van der Waals surface area contributed by atoms with E-state index >= 15 is 0 Å². The van der Waals surface area contributed by atoms with Gasteiger partial charge in [0.2, 0.25) is 0 Å². The lowest BCUT2D eigenvalue weighted by Gasteiger charge is -2.25. The summed E-state index contributed by atoms with van der Waals surface area (Å²) in [5.74, 6) is 1.60. The first kappa shape index (κ1) is 14.3. The van der Waals surface area contributed by atoms with Crippen molar-refractivity contribution in [3.8, 4) is 5.75 Å². The molecular weight excluding hydrogens is 234 g/mol. The van der Waals surface area contributed by atoms with Gasteiger partial charge in [-0.1, -0.05) is 32.0 Å². The predicted molar refractivity (Wildman–Crippen MR) is 67.1 cm³/mol. The summed E-state index contributed by atoms with van der Waals surface area (Å²) in [6.45, 7) is 6.58. The number of rotatable bonds is 3. The lowest BCUT2D eigenvalue weighted by molar-refractivity contribution is -0.00000474. The summed E-state index contributed by atoms with van der Waals surface area (Å²) in [6.07, 6.45) is 2.62. The maximum absolute atomic E-state index is 6.11. The Kier molecular flexibility index (Phi) is 5.79. The largest absolute Gasteiger partial charge is 1.00 e. The molecule has 0 aliphatic carbocycles. The number of hydrogen-bond donors (Lipinski definition) is 1. The van der Waals surface area contributed by atoms with Crippen LogP contribution in [-0.2, 0) is 0 Å². The monoisotopic (exact) mass is 254 g/mol. The molecule has 0 amide bonds. The number of benzene rings is 1. The van der Waals surface area contributed by atoms with Crippen molar-refractivity contribution in [2.45, 2.75) is 38.7 Å². The van der Waals surface area contributed by atoms with Crippen LogP contribution in [0.3, 0.4) is 0 Å². The smallest absolute Gasteiger partial charge is 0.123 e. The number of nitrogens with one attached hydrogen (secondary N) is 1. The molecule has 96 valence electrons. The molecule has 1 heterocycles. The molecule has 0 atom stereocenters. The highest BCUT2D eigenvalue weighted by Crippen LogP contribution is 2.27. The molecule has 1 aliphatic rings. The van der Waals surface area contributed by atoms with Gasteiger partial charge in [0.1, 0.15) is 11.9 Å². The summed E-state index contributed by atoms with van der Waals surface area (Å²) in [5.41, 5.74) is 1.32. The van der Waals surface area contributed by atoms with Gasteiger partial charge in [0, 0.05) is 0 Å². The van der Waals surface area contributed by atoms with Crippen molar-refractivity contribution in [2.75, 3.05) is 13.1 Å². The summed E-state index contributed by atoms with van der Waals surface area (Å²) in [4.78, 5) is 0. The summed E-state index contributed by atoms with van der Waals surface area (Å²) in [7, 11) is 0. The maximum Gasteiger partial charge on any atom is 0.123 e. The van der Waals surface area contributed by atoms with E-state index in [4.69, 9.17) is 4.74 Å². The molecule has 3 heteroatoms. The molecule has 1 saturated heterocycles. The zero-order valence-electron chi connectivity index (χ0n) is 10.6. The van der Waals surface area contributed by atoms with Crippen LogP contribution in [0, 0.1) is 0 Å². The molecule has 0 saturated carbocycles. The zero-order chi connectivity index (χ0) is 11.4. The van der Waals surface area contributed by atoms with Gasteiger partial charge in [-0.05, 0) is 43.5 Å². The fraction of sp³-hybridized carbons (Fsp3) is 0.571. The first-order valence-corrected chi connectivity index (χ1v) is 6.23. The van der Waals surface area contributed by atoms with E-state index in [9.17, 15) is 0 Å². The number of hydrogen-bond acceptors (Lipinski definition) is 2. The Balaban J connectivity index is 0.00000144. The van der Waals surface area contributed by atoms with Crippen LogP contribution in [-0.4, -0.2) is 19.2 Å². The van der Waals surface area contributed by atoms with Crippen LogP contribution in [0.2, 0.25) is 0 Å². The Morgan fingerprint density at radius 1 is 1.18 bits per heavy atom. The van der Waals surface area contributed by atoms with Crippen molar-refractivity contribution < 1.29 is 17.1 Å². The third kappa shape index (κ3) is 3.90. The van der Waals surface area contributed by atoms with Crippen LogP contribution in [0.1, 0.15) is 38.2 Å². The van der Waals surface area contributed by atoms with E-state index in [-0.39, 0.29) is 12.4 Å². The van der Waals surface area contributed by atoms with Crippen molar-refractivity contribution in [1.29, 1.82) is 0 Å². The lowest BCUT2D eigenvalue weighted by Crippen LogP contribution is -3.00. The summed E-state index contributed by atoms with van der Waals surface area (Å²) >= 11 is 0. The average Bonchev–Trinajstić information content (AvgIpc) is 2.31. The molecule has 1 N–H and O–H groups in total. The maximum atomic E-state index is 6.11. The molecule has 1 fully saturated rings. The average molecular weight is 255 g/mol. The number of halogens is 1. The molecule has 2 nitrogen and oxygen atoms in total. The van der Waals surface area contributed by atoms with Crippen LogP contribution < -0.4 is 22.5 Å². The van der Waals surface area contributed by atoms with E-state index in [0.29, 0.717) is 12.0 Å². The standard InChI is InChI=1S/C14H21NO.ClH/c1-11(2)13-5-3-4-6-14(13)16-12-7-9-15-10-8-12;/h3-6,11-12,15H,7-10H2,1-2H3;1H/p-1. The summed E-state index contributed by atoms with van der Waals surface area (Å²) in [5, 5.41) is 3.36. The van der Waals surface area contributed by atoms with Crippen LogP contribution in [0.5, 0.6) is 5.75 Å². The van der Waals surface area contributed by atoms with Gasteiger partial charge in [-0.15, -0.1) is 0 Å². The molecule has 0 radical (unpaired) electrons. The molecule has 0 unspecified atom stereocenters. The van der Waals surface area contributed by atoms with Crippen LogP contribution in [0.4, 0.5) is 0 Å². The van der Waals surface area contributed by atoms with Gasteiger partial charge in [-0.2, -0.15) is 0 Å². The Labute approximate surface area is 110 Å². The lowest BCUT2D eigenvalue weighted by atomic mass is 10.0. The SMILES string of the molecule is CC(C)c1ccccc1OC1CCNCC1.[Cl-]. The molecule has 17 heavy (non-hydrogen) atoms. The minimum absolute atomic E-state index is 0. The zero-order valence-corrected chi connectivity index (χ0v) is 11.3. The van der Waals surface area contributed by atoms with Gasteiger partial charge in [-0.3, -0.25) is 0 Å². The molecule has 1 aromatic rings. The van der Waals surface area contributed by atoms with E-state index in [1.807, 2.05) is 0 Å². The van der Waals surface area contributed by atoms with E-state index in [0.717, 1.165) is 31.7 Å². The van der Waals surface area contributed by atoms with Gasteiger partial charge in [0.15, 0.2) is 0 Å². The van der Waals surface area contributed by atoms with Gasteiger partial charge in [0.25, 0.3) is 0 Å². The van der Waals surface area contributed by atoms with Crippen molar-refractivity contribution in [3.63, 3.8) is 0 Å². The van der Waals surface area contributed by atoms with E-state index < -0.39 is 0 Å². The minimum atomic E-state index is 0. The van der Waals surface area contributed by atoms with E-state index in [1.165, 1.54) is 5.56 Å². The molecule has 0 spiro atoms. The Hall–Kier alpha value is -0.730. The van der Waals surface area contributed by atoms with Crippen molar-refractivity contribution >= 4 is 0 Å². The first-order valence-electron chi connectivity index (χ1n) is 6.23. The normalized spacial score (nSPS) is 16.6. The van der Waals surface area contributed by atoms with Crippen molar-refractivity contribution in [3.05, 3.63) is 29.8 Å². The molecule has 0 bridgehead atoms. The third-order valence-corrected chi connectivity index (χ3v) is 3.12. The molecule has 1 aliphatic heterocycles. The van der Waals surface area contributed by atoms with E-state index in [2.05, 4.69) is 43.4 Å². The van der Waals surface area contributed by atoms with Crippen LogP contribution in [0.25, 0.3) is 0 Å². The number of para-hydroxylation sites is 1. The molecule has 1 aromatic carbocycles. The highest BCUT2D eigenvalue weighted by Gasteiger charge is 2.16. The van der Waals surface area contributed by atoms with Crippen LogP contribution in [0.15, 0.2) is 24.3 Å². The molecular formula is C14H21ClNO-. The third-order valence-electron chi connectivity index (χ3n) is 3.12. The fourth-order valence-electron chi connectivity index (χ4n) is 2.16. The Morgan fingerprint density at radius 2 is 1.82 bits per heavy atom. The Morgan fingerprint density at radius 3 is 2.47 bits per heavy atom. The van der Waals surface area contributed by atoms with Gasteiger partial charge >= 0.3 is 0 Å². The van der Waals surface area contributed by atoms with Gasteiger partial charge in [0.05, 0.1) is 0 Å². The summed E-state index contributed by atoms with van der Waals surface area (Å²) < 4.78 is 6.11. The first-order chi connectivity index (χ1) is 7.77. The van der Waals surface area contributed by atoms with Crippen molar-refractivity contribution in [2.24, 2.45) is 0 Å². The number of piperidine rings is 1. The minimum Gasteiger partial charge on any atom is -1.00 e. The van der Waals surface area contributed by atoms with Gasteiger partial charge in [-0.25, -0.2) is 0 Å². The predicted octanol–water partition coefficient (Wildman–Crippen LogP) is -0.0552. The second-order valence-electron chi connectivity index (χ2n) is 4.76. The topological polar surface area (TPSA) is 21.3 Å². The second kappa shape index (κ2) is 6.87. The number of ether oxygens (including phenoxy) is 1. The fourth-order valence-corrected chi connectivity index (χ4v) is 2.16. The highest BCUT2D eigenvalue weighted by atomic mass is 35.5. The molecule has 0 aromatic heterocycles.